The SMILES string of the molecule is C=C/C=C\C=C/C(=C)[C@@H]1C[C@H]1C(=O)N/C(C)=C/C=C(/C=NC=C)C(=C)C. The molecule has 1 aliphatic rings. The maximum atomic E-state index is 12.3. The molecule has 3 nitrogen and oxygen atoms in total. The Labute approximate surface area is 157 Å². The van der Waals surface area contributed by atoms with Crippen LogP contribution in [0.15, 0.2) is 102 Å². The molecular formula is C23H28N2O. The molecule has 0 saturated heterocycles. The van der Waals surface area contributed by atoms with E-state index in [0.717, 1.165) is 28.8 Å². The molecule has 0 aromatic rings. The Kier molecular flexibility index (Phi) is 8.79. The van der Waals surface area contributed by atoms with Gasteiger partial charge in [-0.2, -0.15) is 0 Å². The Morgan fingerprint density at radius 2 is 1.81 bits per heavy atom. The van der Waals surface area contributed by atoms with E-state index >= 15 is 0 Å². The quantitative estimate of drug-likeness (QED) is 0.427. The van der Waals surface area contributed by atoms with Crippen LogP contribution >= 0.6 is 0 Å². The van der Waals surface area contributed by atoms with Crippen LogP contribution in [-0.4, -0.2) is 12.1 Å². The predicted octanol–water partition coefficient (Wildman–Crippen LogP) is 5.21. The molecule has 1 rings (SSSR count). The summed E-state index contributed by atoms with van der Waals surface area (Å²) in [5, 5.41) is 2.94. The highest BCUT2D eigenvalue weighted by molar-refractivity contribution is 5.85. The van der Waals surface area contributed by atoms with Crippen molar-refractivity contribution in [3.05, 3.63) is 97.5 Å². The molecule has 1 amide bonds. The number of rotatable bonds is 10. The van der Waals surface area contributed by atoms with Crippen LogP contribution in [0.25, 0.3) is 0 Å². The van der Waals surface area contributed by atoms with E-state index in [1.54, 1.807) is 12.3 Å². The van der Waals surface area contributed by atoms with Gasteiger partial charge in [-0.25, -0.2) is 0 Å². The van der Waals surface area contributed by atoms with Gasteiger partial charge in [0.1, 0.15) is 0 Å². The number of nitrogens with zero attached hydrogens (tertiary/aromatic N) is 1. The van der Waals surface area contributed by atoms with Crippen molar-refractivity contribution in [1.29, 1.82) is 0 Å². The summed E-state index contributed by atoms with van der Waals surface area (Å²) in [6.45, 7) is 18.9. The minimum absolute atomic E-state index is 0.00852. The lowest BCUT2D eigenvalue weighted by Crippen LogP contribution is -2.23. The number of carbonyl (C=O) groups excluding carboxylic acids is 1. The van der Waals surface area contributed by atoms with Gasteiger partial charge in [0.25, 0.3) is 0 Å². The number of carbonyl (C=O) groups is 1. The van der Waals surface area contributed by atoms with Crippen LogP contribution < -0.4 is 5.32 Å². The molecule has 0 bridgehead atoms. The Balaban J connectivity index is 2.61. The van der Waals surface area contributed by atoms with E-state index in [9.17, 15) is 4.79 Å². The second kappa shape index (κ2) is 10.8. The average Bonchev–Trinajstić information content (AvgIpc) is 3.39. The van der Waals surface area contributed by atoms with Crippen LogP contribution in [0.3, 0.4) is 0 Å². The summed E-state index contributed by atoms with van der Waals surface area (Å²) in [4.78, 5) is 16.3. The molecule has 0 heterocycles. The largest absolute Gasteiger partial charge is 0.330 e. The fraction of sp³-hybridized carbons (Fsp3) is 0.217. The van der Waals surface area contributed by atoms with E-state index in [-0.39, 0.29) is 17.7 Å². The first-order valence-electron chi connectivity index (χ1n) is 8.54. The highest BCUT2D eigenvalue weighted by Crippen LogP contribution is 2.44. The van der Waals surface area contributed by atoms with Gasteiger partial charge < -0.3 is 5.32 Å². The Morgan fingerprint density at radius 1 is 1.08 bits per heavy atom. The fourth-order valence-electron chi connectivity index (χ4n) is 2.31. The van der Waals surface area contributed by atoms with Gasteiger partial charge in [-0.05, 0) is 43.4 Å². The highest BCUT2D eigenvalue weighted by atomic mass is 16.2. The molecule has 0 radical (unpaired) electrons. The average molecular weight is 348 g/mol. The fourth-order valence-corrected chi connectivity index (χ4v) is 2.31. The van der Waals surface area contributed by atoms with Crippen molar-refractivity contribution in [1.82, 2.24) is 5.32 Å². The minimum atomic E-state index is -0.00852. The maximum absolute atomic E-state index is 12.3. The van der Waals surface area contributed by atoms with Crippen molar-refractivity contribution < 1.29 is 4.79 Å². The zero-order valence-corrected chi connectivity index (χ0v) is 15.7. The summed E-state index contributed by atoms with van der Waals surface area (Å²) < 4.78 is 0. The lowest BCUT2D eigenvalue weighted by molar-refractivity contribution is -0.121. The van der Waals surface area contributed by atoms with Crippen molar-refractivity contribution >= 4 is 12.1 Å². The first-order chi connectivity index (χ1) is 12.4. The number of amides is 1. The van der Waals surface area contributed by atoms with E-state index in [4.69, 9.17) is 0 Å². The molecule has 1 N–H and O–H groups in total. The molecule has 0 spiro atoms. The van der Waals surface area contributed by atoms with Gasteiger partial charge in [0.2, 0.25) is 5.91 Å². The zero-order valence-electron chi connectivity index (χ0n) is 15.7. The van der Waals surface area contributed by atoms with Gasteiger partial charge in [0.05, 0.1) is 0 Å². The van der Waals surface area contributed by atoms with E-state index in [0.29, 0.717) is 0 Å². The van der Waals surface area contributed by atoms with Crippen LogP contribution in [0.5, 0.6) is 0 Å². The van der Waals surface area contributed by atoms with Crippen molar-refractivity contribution in [3.8, 4) is 0 Å². The van der Waals surface area contributed by atoms with E-state index in [2.05, 4.69) is 36.6 Å². The van der Waals surface area contributed by atoms with Crippen molar-refractivity contribution in [3.63, 3.8) is 0 Å². The van der Waals surface area contributed by atoms with Crippen molar-refractivity contribution in [2.45, 2.75) is 20.3 Å². The number of nitrogens with one attached hydrogen (secondary N) is 1. The summed E-state index contributed by atoms with van der Waals surface area (Å²) in [7, 11) is 0. The molecule has 136 valence electrons. The predicted molar refractivity (Wildman–Crippen MR) is 113 cm³/mol. The molecule has 1 aliphatic carbocycles. The zero-order chi connectivity index (χ0) is 19.5. The van der Waals surface area contributed by atoms with Crippen LogP contribution in [0.1, 0.15) is 20.3 Å². The van der Waals surface area contributed by atoms with E-state index in [1.165, 1.54) is 6.20 Å². The molecule has 0 aliphatic heterocycles. The first kappa shape index (κ1) is 21.1. The molecule has 0 aromatic heterocycles. The Bertz CT molecular complexity index is 729. The number of allylic oxidation sites excluding steroid dienone is 11. The molecule has 0 unspecified atom stereocenters. The third-order valence-corrected chi connectivity index (χ3v) is 3.92. The van der Waals surface area contributed by atoms with Crippen LogP contribution in [0, 0.1) is 11.8 Å². The molecule has 1 fully saturated rings. The second-order valence-corrected chi connectivity index (χ2v) is 6.21. The monoisotopic (exact) mass is 348 g/mol. The molecule has 0 aromatic carbocycles. The standard InChI is InChI=1S/C23H28N2O/c1-7-9-10-11-12-18(5)21-15-22(21)23(26)25-19(6)13-14-20(17(3)4)16-24-8-2/h7-14,16,21-22H,1-3,5,15H2,4,6H3,(H,25,26)/b10-9-,12-11-,19-13+,20-14-,24-16?/t21-,22+/m0/s1. The summed E-state index contributed by atoms with van der Waals surface area (Å²) in [6, 6.07) is 0. The molecule has 1 saturated carbocycles. The van der Waals surface area contributed by atoms with Gasteiger partial charge in [-0.3, -0.25) is 9.79 Å². The summed E-state index contributed by atoms with van der Waals surface area (Å²) in [5.41, 5.74) is 3.53. The van der Waals surface area contributed by atoms with E-state index < -0.39 is 0 Å². The van der Waals surface area contributed by atoms with E-state index in [1.807, 2.05) is 50.3 Å². The molecule has 2 atom stereocenters. The minimum Gasteiger partial charge on any atom is -0.330 e. The maximum Gasteiger partial charge on any atom is 0.227 e. The number of hydrogen-bond donors (Lipinski definition) is 1. The molecule has 3 heteroatoms. The van der Waals surface area contributed by atoms with Crippen molar-refractivity contribution in [2.24, 2.45) is 16.8 Å². The highest BCUT2D eigenvalue weighted by Gasteiger charge is 2.43. The molecular weight excluding hydrogens is 320 g/mol. The first-order valence-corrected chi connectivity index (χ1v) is 8.54. The summed E-state index contributed by atoms with van der Waals surface area (Å²) in [6.07, 6.45) is 17.0. The number of hydrogen-bond acceptors (Lipinski definition) is 2. The Morgan fingerprint density at radius 3 is 2.42 bits per heavy atom. The summed E-state index contributed by atoms with van der Waals surface area (Å²) in [5.74, 6) is 0.244. The van der Waals surface area contributed by atoms with Crippen LogP contribution in [0.4, 0.5) is 0 Å². The van der Waals surface area contributed by atoms with Crippen LogP contribution in [-0.2, 0) is 4.79 Å². The number of aliphatic imine (C=N–C) groups is 1. The smallest absolute Gasteiger partial charge is 0.227 e. The van der Waals surface area contributed by atoms with Crippen molar-refractivity contribution in [2.75, 3.05) is 0 Å². The van der Waals surface area contributed by atoms with Gasteiger partial charge >= 0.3 is 0 Å². The Hall–Kier alpha value is -2.94. The third kappa shape index (κ3) is 7.31. The normalized spacial score (nSPS) is 20.5. The lowest BCUT2D eigenvalue weighted by atomic mass is 10.1. The lowest BCUT2D eigenvalue weighted by Gasteiger charge is -2.05. The second-order valence-electron chi connectivity index (χ2n) is 6.21. The van der Waals surface area contributed by atoms with Crippen LogP contribution in [0.2, 0.25) is 0 Å². The summed E-state index contributed by atoms with van der Waals surface area (Å²) >= 11 is 0. The van der Waals surface area contributed by atoms with Gasteiger partial charge in [0.15, 0.2) is 0 Å². The molecule has 26 heavy (non-hydrogen) atoms. The van der Waals surface area contributed by atoms with Gasteiger partial charge in [-0.1, -0.05) is 68.3 Å². The third-order valence-electron chi connectivity index (χ3n) is 3.92. The van der Waals surface area contributed by atoms with Gasteiger partial charge in [0, 0.05) is 24.0 Å². The topological polar surface area (TPSA) is 41.5 Å². The van der Waals surface area contributed by atoms with Gasteiger partial charge in [-0.15, -0.1) is 0 Å².